The lowest BCUT2D eigenvalue weighted by molar-refractivity contribution is 0.101. The minimum atomic E-state index is -1.07. The Kier molecular flexibility index (Phi) is 18.9. The van der Waals surface area contributed by atoms with Crippen LogP contribution in [0.1, 0.15) is 68.2 Å². The van der Waals surface area contributed by atoms with Gasteiger partial charge in [-0.05, 0) is 60.7 Å². The normalized spacial score (nSPS) is 14.0. The van der Waals surface area contributed by atoms with Crippen molar-refractivity contribution in [2.24, 2.45) is 5.73 Å². The van der Waals surface area contributed by atoms with Crippen molar-refractivity contribution in [1.82, 2.24) is 24.8 Å². The number of pyridine rings is 2. The molecule has 9 rings (SSSR count). The second kappa shape index (κ2) is 25.4. The fourth-order valence-corrected chi connectivity index (χ4v) is 7.25. The van der Waals surface area contributed by atoms with Crippen molar-refractivity contribution in [2.75, 3.05) is 23.8 Å². The standard InChI is InChI=1S/C23H18ClF2N3O4.C16H14F2N2O2.C10H8ClN3O2.ClH/c24-13-6-8-27-15(10-13)12-33-23(31)29-20-7-9-32-21-16(20)2-1-3-17(21)22(30)28-14-4-5-18(25)19(26)11-14;17-12-5-4-9(8-13(12)18)20-16(21)11-3-1-2-10-14(19)6-7-22-15(10)11;11-8-1-2-13-9(5-8)6-16-10(15)14-4-3-12-7-14;/h1-6,8,10-11,20H,7,9,12H2,(H,28,30)(H,29,31);1-5,8,14H,6-7,19H2,(H,20,21);1-5,7H,6H2;1H/t20-;14-;;/m00../s1. The molecule has 0 spiro atoms. The van der Waals surface area contributed by atoms with E-state index in [0.29, 0.717) is 63.5 Å². The molecule has 0 aliphatic carbocycles. The van der Waals surface area contributed by atoms with E-state index < -0.39 is 53.3 Å². The Balaban J connectivity index is 0.000000188. The minimum absolute atomic E-state index is 0. The summed E-state index contributed by atoms with van der Waals surface area (Å²) in [7, 11) is 0. The quantitative estimate of drug-likeness (QED) is 0.0995. The van der Waals surface area contributed by atoms with Crippen molar-refractivity contribution in [2.45, 2.75) is 38.1 Å². The highest BCUT2D eigenvalue weighted by molar-refractivity contribution is 6.30. The van der Waals surface area contributed by atoms with Crippen LogP contribution in [-0.2, 0) is 22.7 Å². The number of fused-ring (bicyclic) bond motifs is 2. The van der Waals surface area contributed by atoms with E-state index in [1.165, 1.54) is 41.6 Å². The highest BCUT2D eigenvalue weighted by atomic mass is 35.5. The first-order chi connectivity index (χ1) is 34.2. The van der Waals surface area contributed by atoms with Crippen LogP contribution in [0.25, 0.3) is 0 Å². The van der Waals surface area contributed by atoms with Gasteiger partial charge in [-0.1, -0.05) is 47.5 Å². The number of anilines is 2. The minimum Gasteiger partial charge on any atom is -0.492 e. The molecular weight excluding hydrogens is 1010 g/mol. The lowest BCUT2D eigenvalue weighted by Gasteiger charge is -2.27. The summed E-state index contributed by atoms with van der Waals surface area (Å²) >= 11 is 11.7. The first kappa shape index (κ1) is 53.6. The van der Waals surface area contributed by atoms with Crippen LogP contribution < -0.4 is 31.2 Å². The molecule has 5 heterocycles. The largest absolute Gasteiger partial charge is 0.492 e. The van der Waals surface area contributed by atoms with E-state index in [-0.39, 0.29) is 55.2 Å². The van der Waals surface area contributed by atoms with Gasteiger partial charge in [0.05, 0.1) is 41.8 Å². The third kappa shape index (κ3) is 14.4. The first-order valence-electron chi connectivity index (χ1n) is 21.3. The number of carbonyl (C=O) groups excluding carboxylic acids is 4. The summed E-state index contributed by atoms with van der Waals surface area (Å²) in [5.74, 6) is -4.36. The molecule has 72 heavy (non-hydrogen) atoms. The summed E-state index contributed by atoms with van der Waals surface area (Å²) in [6.45, 7) is 0.712. The van der Waals surface area contributed by atoms with Gasteiger partial charge in [-0.2, -0.15) is 0 Å². The van der Waals surface area contributed by atoms with Crippen LogP contribution in [0, 0.1) is 23.3 Å². The Labute approximate surface area is 424 Å². The van der Waals surface area contributed by atoms with E-state index >= 15 is 0 Å². The third-order valence-electron chi connectivity index (χ3n) is 10.3. The Hall–Kier alpha value is -7.78. The number of amides is 3. The highest BCUT2D eigenvalue weighted by Gasteiger charge is 2.28. The van der Waals surface area contributed by atoms with Crippen LogP contribution in [-0.4, -0.2) is 56.7 Å². The molecule has 2 aliphatic heterocycles. The molecule has 0 fully saturated rings. The van der Waals surface area contributed by atoms with Gasteiger partial charge < -0.3 is 40.6 Å². The molecule has 3 aromatic heterocycles. The number of halogens is 7. The number of hydrogen-bond donors (Lipinski definition) is 4. The van der Waals surface area contributed by atoms with Gasteiger partial charge in [-0.15, -0.1) is 12.4 Å². The fraction of sp³-hybridized carbons (Fsp3) is 0.163. The number of hydrogen-bond acceptors (Lipinski definition) is 12. The Bertz CT molecular complexity index is 3050. The topological polar surface area (TPSA) is 211 Å². The monoisotopic (exact) mass is 1050 g/mol. The van der Waals surface area contributed by atoms with E-state index in [1.807, 2.05) is 6.07 Å². The molecule has 16 nitrogen and oxygen atoms in total. The predicted molar refractivity (Wildman–Crippen MR) is 258 cm³/mol. The Morgan fingerprint density at radius 1 is 0.667 bits per heavy atom. The number of benzene rings is 4. The number of nitrogens with two attached hydrogens (primary N) is 1. The molecule has 5 N–H and O–H groups in total. The van der Waals surface area contributed by atoms with Gasteiger partial charge in [0.2, 0.25) is 0 Å². The van der Waals surface area contributed by atoms with Gasteiger partial charge in [-0.25, -0.2) is 36.7 Å². The lowest BCUT2D eigenvalue weighted by atomic mass is 9.97. The zero-order valence-electron chi connectivity index (χ0n) is 37.3. The molecule has 0 saturated carbocycles. The van der Waals surface area contributed by atoms with Crippen LogP contribution in [0.2, 0.25) is 10.0 Å². The number of carbonyl (C=O) groups is 4. The molecule has 0 bridgehead atoms. The summed E-state index contributed by atoms with van der Waals surface area (Å²) < 4.78 is 75.4. The second-order valence-corrected chi connectivity index (χ2v) is 16.1. The van der Waals surface area contributed by atoms with Gasteiger partial charge in [-0.3, -0.25) is 19.6 Å². The average molecular weight is 1050 g/mol. The van der Waals surface area contributed by atoms with Crippen LogP contribution >= 0.6 is 35.6 Å². The van der Waals surface area contributed by atoms with E-state index in [2.05, 4.69) is 30.9 Å². The van der Waals surface area contributed by atoms with Crippen molar-refractivity contribution >= 4 is 71.0 Å². The van der Waals surface area contributed by atoms with Gasteiger partial charge in [0.15, 0.2) is 23.3 Å². The van der Waals surface area contributed by atoms with Crippen molar-refractivity contribution in [1.29, 1.82) is 0 Å². The summed E-state index contributed by atoms with van der Waals surface area (Å²) in [6, 6.07) is 22.1. The van der Waals surface area contributed by atoms with Crippen LogP contribution in [0.15, 0.2) is 128 Å². The van der Waals surface area contributed by atoms with Gasteiger partial charge in [0.25, 0.3) is 11.8 Å². The van der Waals surface area contributed by atoms with Crippen molar-refractivity contribution in [3.63, 3.8) is 0 Å². The van der Waals surface area contributed by atoms with Crippen molar-refractivity contribution in [3.05, 3.63) is 195 Å². The number of aromatic nitrogens is 4. The highest BCUT2D eigenvalue weighted by Crippen LogP contribution is 2.36. The molecule has 0 saturated heterocycles. The first-order valence-corrected chi connectivity index (χ1v) is 22.1. The number of nitrogens with one attached hydrogen (secondary N) is 3. The van der Waals surface area contributed by atoms with Gasteiger partial charge >= 0.3 is 12.2 Å². The SMILES string of the molecule is Cl.N[C@H]1CCOc2c(C(=O)Nc3ccc(F)c(F)c3)cccc21.O=C(N[C@H]1CCOc2c(C(=O)Nc3ccc(F)c(F)c3)cccc21)OCc1cc(Cl)ccn1.O=C(OCc1cc(Cl)ccn1)n1ccnc1. The molecule has 0 radical (unpaired) electrons. The Morgan fingerprint density at radius 3 is 1.72 bits per heavy atom. The molecule has 374 valence electrons. The fourth-order valence-electron chi connectivity index (χ4n) is 6.88. The number of alkyl carbamates (subject to hydrolysis) is 1. The molecule has 2 aliphatic rings. The van der Waals surface area contributed by atoms with E-state index in [4.69, 9.17) is 47.9 Å². The number of rotatable bonds is 9. The molecule has 0 unspecified atom stereocenters. The number of nitrogens with zero attached hydrogens (tertiary/aromatic N) is 4. The maximum atomic E-state index is 13.5. The molecule has 3 amide bonds. The average Bonchev–Trinajstić information content (AvgIpc) is 3.91. The third-order valence-corrected chi connectivity index (χ3v) is 10.8. The summed E-state index contributed by atoms with van der Waals surface area (Å²) in [6.07, 6.45) is 7.43. The molecule has 7 aromatic rings. The number of imidazole rings is 1. The summed E-state index contributed by atoms with van der Waals surface area (Å²) in [5, 5.41) is 8.85. The molecule has 23 heteroatoms. The summed E-state index contributed by atoms with van der Waals surface area (Å²) in [5.41, 5.74) is 9.24. The zero-order chi connectivity index (χ0) is 50.4. The Morgan fingerprint density at radius 2 is 1.19 bits per heavy atom. The molecule has 2 atom stereocenters. The van der Waals surface area contributed by atoms with Crippen LogP contribution in [0.3, 0.4) is 0 Å². The van der Waals surface area contributed by atoms with Crippen LogP contribution in [0.4, 0.5) is 38.5 Å². The van der Waals surface area contributed by atoms with Crippen LogP contribution in [0.5, 0.6) is 11.5 Å². The lowest BCUT2D eigenvalue weighted by Crippen LogP contribution is -2.33. The van der Waals surface area contributed by atoms with Crippen molar-refractivity contribution in [3.8, 4) is 11.5 Å². The maximum Gasteiger partial charge on any atom is 0.419 e. The predicted octanol–water partition coefficient (Wildman–Crippen LogP) is 10.6. The second-order valence-electron chi connectivity index (χ2n) is 15.2. The van der Waals surface area contributed by atoms with E-state index in [0.717, 1.165) is 29.8 Å². The van der Waals surface area contributed by atoms with E-state index in [1.54, 1.807) is 60.8 Å². The molecular formula is C49H41Cl3F4N8O8. The van der Waals surface area contributed by atoms with Gasteiger partial charge in [0.1, 0.15) is 31.0 Å². The van der Waals surface area contributed by atoms with Crippen molar-refractivity contribution < 1.29 is 55.7 Å². The van der Waals surface area contributed by atoms with Gasteiger partial charge in [0, 0.05) is 88.4 Å². The van der Waals surface area contributed by atoms with E-state index in [9.17, 15) is 36.7 Å². The number of ether oxygens (including phenoxy) is 4. The summed E-state index contributed by atoms with van der Waals surface area (Å²) in [4.78, 5) is 60.6. The maximum absolute atomic E-state index is 13.5. The zero-order valence-corrected chi connectivity index (χ0v) is 39.7. The molecule has 4 aromatic carbocycles. The number of para-hydroxylation sites is 2. The smallest absolute Gasteiger partial charge is 0.419 e.